The van der Waals surface area contributed by atoms with Crippen molar-refractivity contribution >= 4 is 5.95 Å². The molecule has 7 nitrogen and oxygen atoms in total. The maximum absolute atomic E-state index is 5.85. The van der Waals surface area contributed by atoms with Crippen LogP contribution in [-0.2, 0) is 11.8 Å². The van der Waals surface area contributed by atoms with Crippen molar-refractivity contribution in [2.45, 2.75) is 25.4 Å². The third-order valence-corrected chi connectivity index (χ3v) is 5.12. The number of aryl methyl sites for hydroxylation is 1. The highest BCUT2D eigenvalue weighted by Gasteiger charge is 2.29. The number of imidazole rings is 1. The van der Waals surface area contributed by atoms with Crippen LogP contribution in [0.5, 0.6) is 5.75 Å². The fourth-order valence-electron chi connectivity index (χ4n) is 3.48. The Morgan fingerprint density at radius 3 is 2.93 bits per heavy atom. The molecule has 1 aliphatic rings. The summed E-state index contributed by atoms with van der Waals surface area (Å²) in [6.07, 6.45) is 7.65. The van der Waals surface area contributed by atoms with Crippen molar-refractivity contribution in [1.29, 1.82) is 0 Å². The summed E-state index contributed by atoms with van der Waals surface area (Å²) >= 11 is 0. The zero-order valence-corrected chi connectivity index (χ0v) is 16.5. The van der Waals surface area contributed by atoms with Gasteiger partial charge in [0.05, 0.1) is 12.7 Å². The van der Waals surface area contributed by atoms with Crippen LogP contribution in [0.25, 0.3) is 22.6 Å². The molecule has 0 unspecified atom stereocenters. The number of nitrogens with zero attached hydrogens (tertiary/aromatic N) is 4. The highest BCUT2D eigenvalue weighted by atomic mass is 16.5. The molecule has 146 valence electrons. The van der Waals surface area contributed by atoms with E-state index >= 15 is 0 Å². The molecule has 28 heavy (non-hydrogen) atoms. The van der Waals surface area contributed by atoms with E-state index < -0.39 is 0 Å². The molecular formula is C21H25N5O2. The van der Waals surface area contributed by atoms with Crippen LogP contribution in [0.3, 0.4) is 0 Å². The van der Waals surface area contributed by atoms with Crippen molar-refractivity contribution < 1.29 is 9.47 Å². The van der Waals surface area contributed by atoms with Crippen LogP contribution in [0.4, 0.5) is 5.95 Å². The van der Waals surface area contributed by atoms with E-state index in [2.05, 4.69) is 22.2 Å². The van der Waals surface area contributed by atoms with Crippen molar-refractivity contribution in [1.82, 2.24) is 19.5 Å². The van der Waals surface area contributed by atoms with Gasteiger partial charge in [0, 0.05) is 44.4 Å². The monoisotopic (exact) mass is 379 g/mol. The number of ether oxygens (including phenoxy) is 2. The molecule has 0 radical (unpaired) electrons. The maximum Gasteiger partial charge on any atom is 0.223 e. The van der Waals surface area contributed by atoms with E-state index in [0.717, 1.165) is 47.8 Å². The Morgan fingerprint density at radius 1 is 1.32 bits per heavy atom. The Kier molecular flexibility index (Phi) is 5.00. The second-order valence-electron chi connectivity index (χ2n) is 7.31. The quantitative estimate of drug-likeness (QED) is 0.706. The minimum Gasteiger partial charge on any atom is -0.497 e. The van der Waals surface area contributed by atoms with Crippen LogP contribution < -0.4 is 10.1 Å². The molecule has 7 heteroatoms. The maximum atomic E-state index is 5.85. The van der Waals surface area contributed by atoms with Crippen LogP contribution in [-0.4, -0.2) is 45.4 Å². The summed E-state index contributed by atoms with van der Waals surface area (Å²) in [5, 5.41) is 3.34. The molecule has 0 saturated carbocycles. The van der Waals surface area contributed by atoms with Gasteiger partial charge in [-0.3, -0.25) is 0 Å². The summed E-state index contributed by atoms with van der Waals surface area (Å²) in [4.78, 5) is 13.8. The first kappa shape index (κ1) is 18.4. The summed E-state index contributed by atoms with van der Waals surface area (Å²) in [5.74, 6) is 2.14. The number of hydrogen-bond donors (Lipinski definition) is 1. The number of hydrogen-bond acceptors (Lipinski definition) is 6. The van der Waals surface area contributed by atoms with E-state index in [-0.39, 0.29) is 5.60 Å². The first-order valence-corrected chi connectivity index (χ1v) is 9.45. The first-order chi connectivity index (χ1) is 13.6. The average molecular weight is 379 g/mol. The molecule has 1 saturated heterocycles. The molecule has 3 heterocycles. The Balaban J connectivity index is 1.71. The second-order valence-corrected chi connectivity index (χ2v) is 7.31. The van der Waals surface area contributed by atoms with Gasteiger partial charge in [-0.05, 0) is 37.5 Å². The molecule has 0 amide bonds. The summed E-state index contributed by atoms with van der Waals surface area (Å²) in [7, 11) is 3.62. The van der Waals surface area contributed by atoms with Gasteiger partial charge in [0.2, 0.25) is 5.95 Å². The van der Waals surface area contributed by atoms with Crippen molar-refractivity contribution in [3.05, 3.63) is 42.9 Å². The lowest BCUT2D eigenvalue weighted by Gasteiger charge is -2.23. The molecule has 1 aromatic carbocycles. The fraction of sp³-hybridized carbons (Fsp3) is 0.381. The molecule has 4 rings (SSSR count). The van der Waals surface area contributed by atoms with Crippen LogP contribution >= 0.6 is 0 Å². The Bertz CT molecular complexity index is 963. The molecule has 1 atom stereocenters. The van der Waals surface area contributed by atoms with Gasteiger partial charge in [-0.25, -0.2) is 15.0 Å². The Hall–Kier alpha value is -2.93. The van der Waals surface area contributed by atoms with Gasteiger partial charge < -0.3 is 19.4 Å². The van der Waals surface area contributed by atoms with Gasteiger partial charge in [0.15, 0.2) is 5.82 Å². The molecule has 1 N–H and O–H groups in total. The molecule has 1 aliphatic heterocycles. The van der Waals surface area contributed by atoms with Gasteiger partial charge >= 0.3 is 0 Å². The summed E-state index contributed by atoms with van der Waals surface area (Å²) in [5.41, 5.74) is 2.49. The van der Waals surface area contributed by atoms with Crippen molar-refractivity contribution in [2.75, 3.05) is 25.6 Å². The number of aromatic nitrogens is 4. The van der Waals surface area contributed by atoms with E-state index in [1.165, 1.54) is 0 Å². The highest BCUT2D eigenvalue weighted by Crippen LogP contribution is 2.32. The van der Waals surface area contributed by atoms with E-state index in [4.69, 9.17) is 14.5 Å². The van der Waals surface area contributed by atoms with E-state index in [1.54, 1.807) is 13.3 Å². The van der Waals surface area contributed by atoms with Crippen LogP contribution in [0.2, 0.25) is 0 Å². The Labute approximate surface area is 164 Å². The number of anilines is 1. The zero-order chi connectivity index (χ0) is 19.6. The van der Waals surface area contributed by atoms with Gasteiger partial charge in [-0.2, -0.15) is 0 Å². The smallest absolute Gasteiger partial charge is 0.223 e. The zero-order valence-electron chi connectivity index (χ0n) is 16.5. The topological polar surface area (TPSA) is 74.1 Å². The number of nitrogens with one attached hydrogen (secondary N) is 1. The predicted octanol–water partition coefficient (Wildman–Crippen LogP) is 3.53. The lowest BCUT2D eigenvalue weighted by Crippen LogP contribution is -2.33. The van der Waals surface area contributed by atoms with Crippen LogP contribution in [0.1, 0.15) is 19.8 Å². The SMILES string of the molecule is COc1cccc(-c2cnc(NC[C@]3(C)CCCO3)nc2-c2nccn2C)c1. The highest BCUT2D eigenvalue weighted by molar-refractivity contribution is 5.78. The predicted molar refractivity (Wildman–Crippen MR) is 108 cm³/mol. The number of rotatable bonds is 6. The Morgan fingerprint density at radius 2 is 2.21 bits per heavy atom. The van der Waals surface area contributed by atoms with Crippen LogP contribution in [0, 0.1) is 0 Å². The van der Waals surface area contributed by atoms with Crippen molar-refractivity contribution in [3.63, 3.8) is 0 Å². The molecule has 2 aromatic heterocycles. The van der Waals surface area contributed by atoms with Crippen LogP contribution in [0.15, 0.2) is 42.9 Å². The lowest BCUT2D eigenvalue weighted by atomic mass is 10.0. The van der Waals surface area contributed by atoms with E-state index in [9.17, 15) is 0 Å². The molecule has 0 aliphatic carbocycles. The first-order valence-electron chi connectivity index (χ1n) is 9.45. The molecule has 0 spiro atoms. The standard InChI is InChI=1S/C21H25N5O2/c1-21(8-5-11-28-21)14-24-20-23-13-17(15-6-4-7-16(12-15)27-3)18(25-20)19-22-9-10-26(19)2/h4,6-7,9-10,12-13H,5,8,11,14H2,1-3H3,(H,23,24,25)/t21-/m0/s1. The molecular weight excluding hydrogens is 354 g/mol. The summed E-state index contributed by atoms with van der Waals surface area (Å²) in [6.45, 7) is 3.61. The number of methoxy groups -OCH3 is 1. The average Bonchev–Trinajstić information content (AvgIpc) is 3.35. The minimum absolute atomic E-state index is 0.168. The lowest BCUT2D eigenvalue weighted by molar-refractivity contribution is 0.0314. The van der Waals surface area contributed by atoms with Crippen molar-refractivity contribution in [3.8, 4) is 28.4 Å². The van der Waals surface area contributed by atoms with Crippen molar-refractivity contribution in [2.24, 2.45) is 7.05 Å². The fourth-order valence-corrected chi connectivity index (χ4v) is 3.48. The third-order valence-electron chi connectivity index (χ3n) is 5.12. The van der Waals surface area contributed by atoms with E-state index in [1.807, 2.05) is 48.3 Å². The normalized spacial score (nSPS) is 19.0. The van der Waals surface area contributed by atoms with Gasteiger partial charge in [-0.15, -0.1) is 0 Å². The van der Waals surface area contributed by atoms with Gasteiger partial charge in [0.1, 0.15) is 11.4 Å². The number of benzene rings is 1. The summed E-state index contributed by atoms with van der Waals surface area (Å²) in [6, 6.07) is 7.88. The largest absolute Gasteiger partial charge is 0.497 e. The minimum atomic E-state index is -0.168. The summed E-state index contributed by atoms with van der Waals surface area (Å²) < 4.78 is 13.2. The molecule has 3 aromatic rings. The van der Waals surface area contributed by atoms with E-state index in [0.29, 0.717) is 12.5 Å². The van der Waals surface area contributed by atoms with Gasteiger partial charge in [-0.1, -0.05) is 12.1 Å². The molecule has 1 fully saturated rings. The van der Waals surface area contributed by atoms with Gasteiger partial charge in [0.25, 0.3) is 0 Å². The molecule has 0 bridgehead atoms. The second kappa shape index (κ2) is 7.59. The third kappa shape index (κ3) is 3.71.